The smallest absolute Gasteiger partial charge is 0.208 e. The summed E-state index contributed by atoms with van der Waals surface area (Å²) < 4.78 is 29.5. The molecule has 2 atom stereocenters. The quantitative estimate of drug-likeness (QED) is 0.861. The molecule has 3 nitrogen and oxygen atoms in total. The van der Waals surface area contributed by atoms with E-state index in [0.717, 1.165) is 40.4 Å². The summed E-state index contributed by atoms with van der Waals surface area (Å²) >= 11 is 3.50. The minimum atomic E-state index is -3.47. The Balaban J connectivity index is 2.38. The number of sulfonamides is 1. The number of benzene rings is 1. The second-order valence-corrected chi connectivity index (χ2v) is 8.71. The fourth-order valence-corrected chi connectivity index (χ4v) is 5.61. The number of nitrogens with one attached hydrogen (secondary N) is 1. The highest BCUT2D eigenvalue weighted by Gasteiger charge is 2.29. The van der Waals surface area contributed by atoms with Crippen LogP contribution in [0.4, 0.5) is 0 Å². The molecule has 0 spiro atoms. The van der Waals surface area contributed by atoms with Crippen LogP contribution in [0.1, 0.15) is 49.3 Å². The van der Waals surface area contributed by atoms with Gasteiger partial charge in [0.1, 0.15) is 0 Å². The van der Waals surface area contributed by atoms with Crippen molar-refractivity contribution in [3.05, 3.63) is 27.2 Å². The van der Waals surface area contributed by atoms with Crippen molar-refractivity contribution in [3.8, 4) is 0 Å². The van der Waals surface area contributed by atoms with E-state index in [1.165, 1.54) is 6.42 Å². The van der Waals surface area contributed by atoms with E-state index in [1.54, 1.807) is 0 Å². The zero-order chi connectivity index (χ0) is 15.8. The van der Waals surface area contributed by atoms with E-state index in [0.29, 0.717) is 10.8 Å². The van der Waals surface area contributed by atoms with Gasteiger partial charge in [0.25, 0.3) is 0 Å². The maximum Gasteiger partial charge on any atom is 0.241 e. The molecule has 1 aliphatic carbocycles. The highest BCUT2D eigenvalue weighted by Crippen LogP contribution is 2.31. The lowest BCUT2D eigenvalue weighted by Crippen LogP contribution is -2.41. The highest BCUT2D eigenvalue weighted by molar-refractivity contribution is 9.10. The molecule has 0 radical (unpaired) electrons. The third-order valence-corrected chi connectivity index (χ3v) is 7.49. The third kappa shape index (κ3) is 3.51. The van der Waals surface area contributed by atoms with E-state index in [4.69, 9.17) is 0 Å². The van der Waals surface area contributed by atoms with Crippen molar-refractivity contribution < 1.29 is 8.42 Å². The Morgan fingerprint density at radius 3 is 2.38 bits per heavy atom. The third-order valence-electron chi connectivity index (χ3n) is 4.49. The van der Waals surface area contributed by atoms with E-state index in [9.17, 15) is 8.42 Å². The summed E-state index contributed by atoms with van der Waals surface area (Å²) in [6.07, 6.45) is 4.34. The molecule has 0 aliphatic heterocycles. The summed E-state index contributed by atoms with van der Waals surface area (Å²) in [7, 11) is -3.47. The molecular formula is C16H24BrNO2S. The maximum absolute atomic E-state index is 12.8. The van der Waals surface area contributed by atoms with E-state index in [-0.39, 0.29) is 6.04 Å². The molecule has 0 aromatic heterocycles. The molecule has 5 heteroatoms. The zero-order valence-corrected chi connectivity index (χ0v) is 15.6. The van der Waals surface area contributed by atoms with Crippen molar-refractivity contribution in [1.82, 2.24) is 4.72 Å². The number of aryl methyl sites for hydroxylation is 2. The lowest BCUT2D eigenvalue weighted by atomic mass is 9.87. The van der Waals surface area contributed by atoms with Gasteiger partial charge in [-0.25, -0.2) is 13.1 Å². The predicted molar refractivity (Wildman–Crippen MR) is 90.1 cm³/mol. The van der Waals surface area contributed by atoms with Gasteiger partial charge in [-0.2, -0.15) is 0 Å². The molecule has 2 rings (SSSR count). The van der Waals surface area contributed by atoms with Gasteiger partial charge in [0.2, 0.25) is 10.0 Å². The van der Waals surface area contributed by atoms with E-state index in [1.807, 2.05) is 26.8 Å². The van der Waals surface area contributed by atoms with Crippen LogP contribution in [0.3, 0.4) is 0 Å². The average Bonchev–Trinajstić information content (AvgIpc) is 2.38. The summed E-state index contributed by atoms with van der Waals surface area (Å²) in [5, 5.41) is 0. The van der Waals surface area contributed by atoms with E-state index < -0.39 is 10.0 Å². The first-order valence-electron chi connectivity index (χ1n) is 7.52. The molecule has 0 heterocycles. The number of hydrogen-bond donors (Lipinski definition) is 1. The standard InChI is InChI=1S/C16H24BrNO2S/c1-10-7-5-6-8-14(10)18-21(19,20)16-12(3)9-11(2)15(17)13(16)4/h9-10,14,18H,5-8H2,1-4H3/t10-,14+/m1/s1. The number of halogens is 1. The molecule has 0 amide bonds. The van der Waals surface area contributed by atoms with Crippen LogP contribution in [-0.4, -0.2) is 14.5 Å². The Hall–Kier alpha value is -0.390. The van der Waals surface area contributed by atoms with Gasteiger partial charge < -0.3 is 0 Å². The molecule has 1 aliphatic rings. The maximum atomic E-state index is 12.8. The van der Waals surface area contributed by atoms with Gasteiger partial charge in [-0.1, -0.05) is 41.8 Å². The van der Waals surface area contributed by atoms with Gasteiger partial charge in [-0.05, 0) is 56.2 Å². The summed E-state index contributed by atoms with van der Waals surface area (Å²) in [5.41, 5.74) is 2.67. The topological polar surface area (TPSA) is 46.2 Å². The van der Waals surface area contributed by atoms with Crippen LogP contribution in [0.2, 0.25) is 0 Å². The Labute approximate surface area is 136 Å². The normalized spacial score (nSPS) is 23.3. The largest absolute Gasteiger partial charge is 0.241 e. The summed E-state index contributed by atoms with van der Waals surface area (Å²) in [5.74, 6) is 0.406. The van der Waals surface area contributed by atoms with Crippen LogP contribution in [0.25, 0.3) is 0 Å². The minimum absolute atomic E-state index is 0.0580. The SMILES string of the molecule is Cc1cc(C)c(S(=O)(=O)N[C@H]2CCCC[C@H]2C)c(C)c1Br. The molecule has 0 unspecified atom stereocenters. The van der Waals surface area contributed by atoms with Crippen LogP contribution < -0.4 is 4.72 Å². The van der Waals surface area contributed by atoms with Gasteiger partial charge in [0.05, 0.1) is 4.90 Å². The number of rotatable bonds is 3. The second kappa shape index (κ2) is 6.39. The van der Waals surface area contributed by atoms with Crippen LogP contribution in [0.15, 0.2) is 15.4 Å². The van der Waals surface area contributed by atoms with Crippen molar-refractivity contribution in [3.63, 3.8) is 0 Å². The fourth-order valence-electron chi connectivity index (χ4n) is 3.31. The van der Waals surface area contributed by atoms with Crippen LogP contribution in [0, 0.1) is 26.7 Å². The molecular weight excluding hydrogens is 350 g/mol. The molecule has 1 aromatic carbocycles. The van der Waals surface area contributed by atoms with Crippen LogP contribution in [-0.2, 0) is 10.0 Å². The zero-order valence-electron chi connectivity index (χ0n) is 13.2. The van der Waals surface area contributed by atoms with Crippen molar-refractivity contribution >= 4 is 26.0 Å². The lowest BCUT2D eigenvalue weighted by Gasteiger charge is -2.29. The summed E-state index contributed by atoms with van der Waals surface area (Å²) in [4.78, 5) is 0.428. The van der Waals surface area contributed by atoms with Gasteiger partial charge in [0, 0.05) is 10.5 Å². The van der Waals surface area contributed by atoms with E-state index >= 15 is 0 Å². The molecule has 0 saturated heterocycles. The first-order chi connectivity index (χ1) is 9.74. The van der Waals surface area contributed by atoms with Gasteiger partial charge in [0.15, 0.2) is 0 Å². The molecule has 118 valence electrons. The molecule has 1 aromatic rings. The Morgan fingerprint density at radius 2 is 1.76 bits per heavy atom. The highest BCUT2D eigenvalue weighted by atomic mass is 79.9. The predicted octanol–water partition coefficient (Wildman–Crippen LogP) is 4.23. The Morgan fingerprint density at radius 1 is 1.14 bits per heavy atom. The number of hydrogen-bond acceptors (Lipinski definition) is 2. The van der Waals surface area contributed by atoms with Crippen molar-refractivity contribution in [2.75, 3.05) is 0 Å². The average molecular weight is 374 g/mol. The lowest BCUT2D eigenvalue weighted by molar-refractivity contribution is 0.310. The fraction of sp³-hybridized carbons (Fsp3) is 0.625. The minimum Gasteiger partial charge on any atom is -0.208 e. The molecule has 1 saturated carbocycles. The van der Waals surface area contributed by atoms with Gasteiger partial charge in [-0.3, -0.25) is 0 Å². The Kier molecular flexibility index (Phi) is 5.16. The molecule has 1 fully saturated rings. The summed E-state index contributed by atoms with van der Waals surface area (Å²) in [6.45, 7) is 7.85. The van der Waals surface area contributed by atoms with Crippen molar-refractivity contribution in [2.45, 2.75) is 64.3 Å². The second-order valence-electron chi connectivity index (χ2n) is 6.27. The first-order valence-corrected chi connectivity index (χ1v) is 9.80. The van der Waals surface area contributed by atoms with Crippen molar-refractivity contribution in [1.29, 1.82) is 0 Å². The van der Waals surface area contributed by atoms with Crippen LogP contribution in [0.5, 0.6) is 0 Å². The van der Waals surface area contributed by atoms with Gasteiger partial charge in [-0.15, -0.1) is 0 Å². The Bertz CT molecular complexity index is 640. The molecule has 21 heavy (non-hydrogen) atoms. The van der Waals surface area contributed by atoms with Crippen LogP contribution >= 0.6 is 15.9 Å². The molecule has 1 N–H and O–H groups in total. The molecule has 0 bridgehead atoms. The van der Waals surface area contributed by atoms with Crippen molar-refractivity contribution in [2.24, 2.45) is 5.92 Å². The summed E-state index contributed by atoms with van der Waals surface area (Å²) in [6, 6.07) is 1.98. The monoisotopic (exact) mass is 373 g/mol. The van der Waals surface area contributed by atoms with E-state index in [2.05, 4.69) is 27.6 Å². The van der Waals surface area contributed by atoms with Gasteiger partial charge >= 0.3 is 0 Å². The first kappa shape index (κ1) is 17.0.